The maximum absolute atomic E-state index is 12.4. The topological polar surface area (TPSA) is 91.0 Å². The number of halogens is 2. The van der Waals surface area contributed by atoms with Crippen molar-refractivity contribution in [3.63, 3.8) is 0 Å². The zero-order chi connectivity index (χ0) is 16.7. The van der Waals surface area contributed by atoms with Gasteiger partial charge in [0.1, 0.15) is 5.92 Å². The number of ether oxygens (including phenoxy) is 1. The molecule has 8 heteroatoms. The van der Waals surface area contributed by atoms with Crippen molar-refractivity contribution in [3.05, 3.63) is 29.8 Å². The quantitative estimate of drug-likeness (QED) is 0.472. The summed E-state index contributed by atoms with van der Waals surface area (Å²) < 4.78 is 29.6. The Morgan fingerprint density at radius 3 is 2.59 bits per heavy atom. The Morgan fingerprint density at radius 2 is 2.05 bits per heavy atom. The first-order valence-electron chi connectivity index (χ1n) is 6.05. The Hall–Kier alpha value is -2.27. The van der Waals surface area contributed by atoms with E-state index in [9.17, 15) is 18.4 Å². The zero-order valence-corrected chi connectivity index (χ0v) is 12.3. The first-order chi connectivity index (χ1) is 10.4. The molecule has 0 aliphatic rings. The smallest absolute Gasteiger partial charge is 0.339 e. The second kappa shape index (κ2) is 8.24. The van der Waals surface area contributed by atoms with Crippen molar-refractivity contribution in [3.8, 4) is 6.07 Å². The van der Waals surface area contributed by atoms with Crippen LogP contribution in [-0.2, 0) is 9.53 Å². The van der Waals surface area contributed by atoms with Crippen molar-refractivity contribution < 1.29 is 23.1 Å². The van der Waals surface area contributed by atoms with Gasteiger partial charge >= 0.3 is 5.97 Å². The third kappa shape index (κ3) is 4.93. The molecule has 1 rings (SSSR count). The highest BCUT2D eigenvalue weighted by atomic mass is 32.2. The van der Waals surface area contributed by atoms with Gasteiger partial charge in [-0.05, 0) is 19.1 Å². The van der Waals surface area contributed by atoms with Gasteiger partial charge in [-0.1, -0.05) is 23.9 Å². The van der Waals surface area contributed by atoms with Gasteiger partial charge in [0, 0.05) is 10.6 Å². The van der Waals surface area contributed by atoms with Crippen molar-refractivity contribution in [2.75, 3.05) is 6.61 Å². The lowest BCUT2D eigenvalue weighted by atomic mass is 10.0. The van der Waals surface area contributed by atoms with Crippen LogP contribution in [0.1, 0.15) is 17.3 Å². The van der Waals surface area contributed by atoms with Gasteiger partial charge in [0.2, 0.25) is 0 Å². The average Bonchev–Trinajstić information content (AvgIpc) is 2.45. The minimum Gasteiger partial charge on any atom is -0.454 e. The number of alkyl halides is 2. The summed E-state index contributed by atoms with van der Waals surface area (Å²) in [7, 11) is 0. The molecule has 22 heavy (non-hydrogen) atoms. The van der Waals surface area contributed by atoms with Crippen LogP contribution in [0.4, 0.5) is 8.78 Å². The molecule has 0 aliphatic heterocycles. The third-order valence-corrected chi connectivity index (χ3v) is 3.34. The molecule has 0 spiro atoms. The number of thioether (sulfide) groups is 1. The monoisotopic (exact) mass is 326 g/mol. The summed E-state index contributed by atoms with van der Waals surface area (Å²) in [4.78, 5) is 23.5. The van der Waals surface area contributed by atoms with Crippen LogP contribution in [-0.4, -0.2) is 29.8 Å². The number of Topliss-reactive ketones (excluding diaryl/α,β-unsaturated/α-hetero) is 1. The lowest BCUT2D eigenvalue weighted by Crippen LogP contribution is -2.25. The van der Waals surface area contributed by atoms with E-state index < -0.39 is 30.0 Å². The Morgan fingerprint density at radius 1 is 1.41 bits per heavy atom. The predicted octanol–water partition coefficient (Wildman–Crippen LogP) is 2.91. The van der Waals surface area contributed by atoms with Crippen LogP contribution in [0.2, 0.25) is 0 Å². The normalized spacial score (nSPS) is 11.6. The molecule has 0 aliphatic carbocycles. The molecule has 0 bridgehead atoms. The van der Waals surface area contributed by atoms with E-state index in [4.69, 9.17) is 15.4 Å². The van der Waals surface area contributed by atoms with Crippen molar-refractivity contribution >= 4 is 29.2 Å². The maximum atomic E-state index is 12.4. The number of benzene rings is 1. The molecule has 0 aromatic heterocycles. The number of carbonyl (C=O) groups is 2. The van der Waals surface area contributed by atoms with Crippen molar-refractivity contribution in [1.82, 2.24) is 0 Å². The predicted molar refractivity (Wildman–Crippen MR) is 76.1 cm³/mol. The van der Waals surface area contributed by atoms with E-state index in [1.807, 2.05) is 0 Å². The first-order valence-corrected chi connectivity index (χ1v) is 6.93. The second-order valence-corrected chi connectivity index (χ2v) is 5.19. The number of ketones is 1. The Balaban J connectivity index is 2.77. The average molecular weight is 326 g/mol. The minimum atomic E-state index is -2.70. The molecule has 5 nitrogen and oxygen atoms in total. The summed E-state index contributed by atoms with van der Waals surface area (Å²) >= 11 is 0.198. The largest absolute Gasteiger partial charge is 0.454 e. The van der Waals surface area contributed by atoms with Crippen LogP contribution < -0.4 is 0 Å². The fraction of sp³-hybridized carbons (Fsp3) is 0.286. The van der Waals surface area contributed by atoms with Gasteiger partial charge in [0.05, 0.1) is 11.6 Å². The molecule has 0 amide bonds. The van der Waals surface area contributed by atoms with Gasteiger partial charge < -0.3 is 10.1 Å². The highest BCUT2D eigenvalue weighted by molar-refractivity contribution is 7.99. The number of hydrogen-bond acceptors (Lipinski definition) is 6. The van der Waals surface area contributed by atoms with Gasteiger partial charge in [-0.3, -0.25) is 4.79 Å². The Kier molecular flexibility index (Phi) is 6.66. The van der Waals surface area contributed by atoms with Crippen LogP contribution in [0.25, 0.3) is 0 Å². The summed E-state index contributed by atoms with van der Waals surface area (Å²) in [5.74, 6) is -5.64. The van der Waals surface area contributed by atoms with Gasteiger partial charge in [0.25, 0.3) is 5.76 Å². The van der Waals surface area contributed by atoms with Crippen LogP contribution in [0.5, 0.6) is 0 Å². The summed E-state index contributed by atoms with van der Waals surface area (Å²) in [6, 6.07) is 7.26. The number of hydrogen-bond donors (Lipinski definition) is 1. The number of nitriles is 1. The van der Waals surface area contributed by atoms with E-state index in [2.05, 4.69) is 0 Å². The number of nitrogens with one attached hydrogen (secondary N) is 1. The molecule has 116 valence electrons. The molecule has 1 unspecified atom stereocenters. The van der Waals surface area contributed by atoms with Crippen molar-refractivity contribution in [2.45, 2.75) is 17.6 Å². The molecule has 0 heterocycles. The zero-order valence-electron chi connectivity index (χ0n) is 11.5. The fourth-order valence-electron chi connectivity index (χ4n) is 1.54. The van der Waals surface area contributed by atoms with Gasteiger partial charge in [-0.15, -0.1) is 0 Å². The molecule has 0 saturated carbocycles. The SMILES string of the molecule is CC(=N)C(C#N)C(=O)COC(=O)c1ccccc1SC(F)F. The number of carbonyl (C=O) groups excluding carboxylic acids is 2. The second-order valence-electron chi connectivity index (χ2n) is 4.16. The molecular formula is C14H12F2N2O3S. The molecule has 0 radical (unpaired) electrons. The van der Waals surface area contributed by atoms with Gasteiger partial charge in [-0.2, -0.15) is 14.0 Å². The van der Waals surface area contributed by atoms with Crippen LogP contribution in [0.3, 0.4) is 0 Å². The van der Waals surface area contributed by atoms with E-state index in [1.165, 1.54) is 31.2 Å². The van der Waals surface area contributed by atoms with E-state index in [1.54, 1.807) is 6.07 Å². The lowest BCUT2D eigenvalue weighted by molar-refractivity contribution is -0.122. The molecule has 1 atom stereocenters. The van der Waals surface area contributed by atoms with E-state index in [-0.39, 0.29) is 27.9 Å². The molecule has 1 aromatic carbocycles. The number of esters is 1. The standard InChI is InChI=1S/C14H12F2N2O3S/c1-8(18)10(6-17)11(19)7-21-13(20)9-4-2-3-5-12(9)22-14(15)16/h2-5,10,14,18H,7H2,1H3. The fourth-order valence-corrected chi connectivity index (χ4v) is 2.17. The number of nitrogens with zero attached hydrogens (tertiary/aromatic N) is 1. The van der Waals surface area contributed by atoms with E-state index in [0.29, 0.717) is 0 Å². The molecule has 1 aromatic rings. The summed E-state index contributed by atoms with van der Waals surface area (Å²) in [6.07, 6.45) is 0. The van der Waals surface area contributed by atoms with Gasteiger partial charge in [-0.25, -0.2) is 4.79 Å². The Bertz CT molecular complexity index is 629. The van der Waals surface area contributed by atoms with Gasteiger partial charge in [0.15, 0.2) is 12.4 Å². The summed E-state index contributed by atoms with van der Waals surface area (Å²) in [5, 5.41) is 16.0. The van der Waals surface area contributed by atoms with Crippen LogP contribution in [0, 0.1) is 22.7 Å². The molecule has 0 saturated heterocycles. The highest BCUT2D eigenvalue weighted by Crippen LogP contribution is 2.28. The summed E-state index contributed by atoms with van der Waals surface area (Å²) in [5.41, 5.74) is -0.238. The van der Waals surface area contributed by atoms with Crippen molar-refractivity contribution in [2.24, 2.45) is 5.92 Å². The van der Waals surface area contributed by atoms with E-state index in [0.717, 1.165) is 0 Å². The van der Waals surface area contributed by atoms with E-state index >= 15 is 0 Å². The third-order valence-electron chi connectivity index (χ3n) is 2.55. The summed E-state index contributed by atoms with van der Waals surface area (Å²) in [6.45, 7) is 0.600. The van der Waals surface area contributed by atoms with Crippen LogP contribution >= 0.6 is 11.8 Å². The minimum absolute atomic E-state index is 0.0371. The lowest BCUT2D eigenvalue weighted by Gasteiger charge is -2.10. The Labute approximate surface area is 129 Å². The van der Waals surface area contributed by atoms with Crippen molar-refractivity contribution in [1.29, 1.82) is 10.7 Å². The first kappa shape index (κ1) is 17.8. The number of rotatable bonds is 7. The maximum Gasteiger partial charge on any atom is 0.339 e. The molecular weight excluding hydrogens is 314 g/mol. The molecule has 1 N–H and O–H groups in total. The molecule has 0 fully saturated rings. The highest BCUT2D eigenvalue weighted by Gasteiger charge is 2.23. The van der Waals surface area contributed by atoms with Crippen LogP contribution in [0.15, 0.2) is 29.2 Å².